The lowest BCUT2D eigenvalue weighted by molar-refractivity contribution is 0.0709. The van der Waals surface area contributed by atoms with Crippen LogP contribution in [-0.2, 0) is 0 Å². The number of hydrogen-bond donors (Lipinski definition) is 0. The molecule has 0 N–H and O–H groups in total. The molecule has 3 heteroatoms. The fourth-order valence-corrected chi connectivity index (χ4v) is 3.67. The summed E-state index contributed by atoms with van der Waals surface area (Å²) in [7, 11) is 2.24. The van der Waals surface area contributed by atoms with Gasteiger partial charge in [-0.15, -0.1) is 0 Å². The van der Waals surface area contributed by atoms with Crippen LogP contribution in [0.25, 0.3) is 6.08 Å². The van der Waals surface area contributed by atoms with E-state index in [2.05, 4.69) is 65.1 Å². The van der Waals surface area contributed by atoms with Gasteiger partial charge >= 0.3 is 0 Å². The fourth-order valence-electron chi connectivity index (χ4n) is 3.67. The molecule has 2 fully saturated rings. The number of hydrogen-bond acceptors (Lipinski definition) is 3. The minimum Gasteiger partial charge on any atom is -0.304 e. The number of piperidine rings is 1. The van der Waals surface area contributed by atoms with Crippen LogP contribution in [0.1, 0.15) is 37.8 Å². The Labute approximate surface area is 155 Å². The molecule has 2 aliphatic rings. The molecule has 3 rings (SSSR count). The first-order valence-corrected chi connectivity index (χ1v) is 10.1. The first-order valence-electron chi connectivity index (χ1n) is 10.1. The van der Waals surface area contributed by atoms with E-state index in [4.69, 9.17) is 0 Å². The van der Waals surface area contributed by atoms with E-state index in [-0.39, 0.29) is 0 Å². The zero-order valence-corrected chi connectivity index (χ0v) is 16.7. The van der Waals surface area contributed by atoms with Gasteiger partial charge in [-0.25, -0.2) is 0 Å². The van der Waals surface area contributed by atoms with Gasteiger partial charge in [0.25, 0.3) is 0 Å². The first kappa shape index (κ1) is 20.2. The Morgan fingerprint density at radius 3 is 2.12 bits per heavy atom. The van der Waals surface area contributed by atoms with Crippen molar-refractivity contribution in [3.05, 3.63) is 41.5 Å². The highest BCUT2D eigenvalue weighted by molar-refractivity contribution is 5.49. The quantitative estimate of drug-likeness (QED) is 0.824. The molecule has 140 valence electrons. The van der Waals surface area contributed by atoms with E-state index in [0.29, 0.717) is 0 Å². The van der Waals surface area contributed by atoms with Gasteiger partial charge in [0, 0.05) is 38.8 Å². The molecule has 2 heterocycles. The van der Waals surface area contributed by atoms with E-state index in [9.17, 15) is 0 Å². The lowest BCUT2D eigenvalue weighted by Crippen LogP contribution is -2.52. The predicted molar refractivity (Wildman–Crippen MR) is 110 cm³/mol. The van der Waals surface area contributed by atoms with Crippen LogP contribution in [0.5, 0.6) is 0 Å². The van der Waals surface area contributed by atoms with Crippen LogP contribution in [0.15, 0.2) is 30.3 Å². The van der Waals surface area contributed by atoms with Gasteiger partial charge in [0.15, 0.2) is 0 Å². The number of nitrogens with zero attached hydrogens (tertiary/aromatic N) is 3. The second-order valence-corrected chi connectivity index (χ2v) is 7.18. The smallest absolute Gasteiger partial charge is 0.0166 e. The number of rotatable bonds is 4. The van der Waals surface area contributed by atoms with Gasteiger partial charge in [-0.3, -0.25) is 9.80 Å². The molecule has 0 aromatic heterocycles. The summed E-state index contributed by atoms with van der Waals surface area (Å²) in [6.07, 6.45) is 7.25. The average Bonchev–Trinajstić information content (AvgIpc) is 2.66. The van der Waals surface area contributed by atoms with E-state index in [1.165, 1.54) is 63.2 Å². The molecule has 0 radical (unpaired) electrons. The minimum absolute atomic E-state index is 0.820. The summed E-state index contributed by atoms with van der Waals surface area (Å²) in [4.78, 5) is 7.76. The number of benzene rings is 1. The summed E-state index contributed by atoms with van der Waals surface area (Å²) in [5.74, 6) is 0. The number of likely N-dealkylation sites (tertiary alicyclic amines) is 1. The van der Waals surface area contributed by atoms with Gasteiger partial charge in [0.05, 0.1) is 0 Å². The average molecular weight is 344 g/mol. The maximum Gasteiger partial charge on any atom is 0.0166 e. The van der Waals surface area contributed by atoms with E-state index < -0.39 is 0 Å². The molecule has 0 amide bonds. The monoisotopic (exact) mass is 343 g/mol. The lowest BCUT2D eigenvalue weighted by atomic mass is 10.0. The van der Waals surface area contributed by atoms with Crippen molar-refractivity contribution in [2.45, 2.75) is 39.7 Å². The second-order valence-electron chi connectivity index (χ2n) is 7.18. The van der Waals surface area contributed by atoms with Gasteiger partial charge in [-0.2, -0.15) is 0 Å². The summed E-state index contributed by atoms with van der Waals surface area (Å²) in [6, 6.07) is 9.58. The normalized spacial score (nSPS) is 21.3. The van der Waals surface area contributed by atoms with E-state index in [0.717, 1.165) is 12.6 Å². The van der Waals surface area contributed by atoms with Crippen LogP contribution in [0.2, 0.25) is 0 Å². The number of piperazine rings is 1. The van der Waals surface area contributed by atoms with Gasteiger partial charge in [-0.05, 0) is 45.5 Å². The van der Waals surface area contributed by atoms with Crippen molar-refractivity contribution in [1.29, 1.82) is 0 Å². The molecule has 3 nitrogen and oxygen atoms in total. The molecule has 0 atom stereocenters. The molecule has 1 aromatic carbocycles. The van der Waals surface area contributed by atoms with Gasteiger partial charge < -0.3 is 4.90 Å². The van der Waals surface area contributed by atoms with Crippen LogP contribution in [0, 0.1) is 6.92 Å². The van der Waals surface area contributed by atoms with Crippen molar-refractivity contribution in [3.8, 4) is 0 Å². The van der Waals surface area contributed by atoms with Crippen LogP contribution in [0.3, 0.4) is 0 Å². The summed E-state index contributed by atoms with van der Waals surface area (Å²) in [5, 5.41) is 0. The third-order valence-corrected chi connectivity index (χ3v) is 5.36. The Morgan fingerprint density at radius 1 is 0.920 bits per heavy atom. The molecule has 0 bridgehead atoms. The van der Waals surface area contributed by atoms with Crippen molar-refractivity contribution in [2.75, 3.05) is 52.9 Å². The Bertz CT molecular complexity index is 493. The standard InChI is InChI=1S/C20H31N3.C2H6/c1-18-5-7-19(8-6-18)4-3-11-22-12-9-20(10-13-22)23-16-14-21(2)15-17-23;1-2/h3-8,20H,9-17H2,1-2H3;1-2H3/b4-3+;. The van der Waals surface area contributed by atoms with Crippen LogP contribution in [-0.4, -0.2) is 73.6 Å². The maximum atomic E-state index is 2.72. The molecule has 0 saturated carbocycles. The zero-order chi connectivity index (χ0) is 18.1. The molecule has 0 aliphatic carbocycles. The Morgan fingerprint density at radius 2 is 1.52 bits per heavy atom. The van der Waals surface area contributed by atoms with Gasteiger partial charge in [-0.1, -0.05) is 55.8 Å². The highest BCUT2D eigenvalue weighted by Gasteiger charge is 2.25. The van der Waals surface area contributed by atoms with Crippen molar-refractivity contribution in [1.82, 2.24) is 14.7 Å². The summed E-state index contributed by atoms with van der Waals surface area (Å²) in [5.41, 5.74) is 2.64. The first-order chi connectivity index (χ1) is 12.2. The number of aryl methyl sites for hydroxylation is 1. The lowest BCUT2D eigenvalue weighted by Gasteiger charge is -2.41. The maximum absolute atomic E-state index is 2.72. The number of likely N-dealkylation sites (N-methyl/N-ethyl adjacent to an activating group) is 1. The Hall–Kier alpha value is -1.16. The van der Waals surface area contributed by atoms with Crippen molar-refractivity contribution in [2.24, 2.45) is 0 Å². The molecule has 0 unspecified atom stereocenters. The molecule has 25 heavy (non-hydrogen) atoms. The predicted octanol–water partition coefficient (Wildman–Crippen LogP) is 3.75. The van der Waals surface area contributed by atoms with E-state index in [1.807, 2.05) is 13.8 Å². The van der Waals surface area contributed by atoms with Gasteiger partial charge in [0.1, 0.15) is 0 Å². The van der Waals surface area contributed by atoms with Gasteiger partial charge in [0.2, 0.25) is 0 Å². The summed E-state index contributed by atoms with van der Waals surface area (Å²) >= 11 is 0. The van der Waals surface area contributed by atoms with Crippen molar-refractivity contribution >= 4 is 6.08 Å². The molecule has 2 saturated heterocycles. The third kappa shape index (κ3) is 6.58. The highest BCUT2D eigenvalue weighted by Crippen LogP contribution is 2.18. The van der Waals surface area contributed by atoms with Crippen molar-refractivity contribution < 1.29 is 0 Å². The zero-order valence-electron chi connectivity index (χ0n) is 16.7. The van der Waals surface area contributed by atoms with Crippen LogP contribution >= 0.6 is 0 Å². The SMILES string of the molecule is CC.Cc1ccc(/C=C/CN2CCC(N3CCN(C)CC3)CC2)cc1. The van der Waals surface area contributed by atoms with Crippen LogP contribution < -0.4 is 0 Å². The summed E-state index contributed by atoms with van der Waals surface area (Å²) in [6.45, 7) is 14.7. The van der Waals surface area contributed by atoms with E-state index >= 15 is 0 Å². The third-order valence-electron chi connectivity index (χ3n) is 5.36. The van der Waals surface area contributed by atoms with Crippen LogP contribution in [0.4, 0.5) is 0 Å². The largest absolute Gasteiger partial charge is 0.304 e. The molecule has 1 aromatic rings. The molecular formula is C22H37N3. The fraction of sp³-hybridized carbons (Fsp3) is 0.636. The Kier molecular flexibility index (Phi) is 8.66. The summed E-state index contributed by atoms with van der Waals surface area (Å²) < 4.78 is 0. The Balaban J connectivity index is 0.00000109. The topological polar surface area (TPSA) is 9.72 Å². The van der Waals surface area contributed by atoms with E-state index in [1.54, 1.807) is 0 Å². The molecule has 0 spiro atoms. The molecule has 2 aliphatic heterocycles. The minimum atomic E-state index is 0.820. The highest BCUT2D eigenvalue weighted by atomic mass is 15.3. The second kappa shape index (κ2) is 10.7. The molecular weight excluding hydrogens is 306 g/mol. The van der Waals surface area contributed by atoms with Crippen molar-refractivity contribution in [3.63, 3.8) is 0 Å².